The Morgan fingerprint density at radius 2 is 1.76 bits per heavy atom. The molecule has 3 aromatic carbocycles. The van der Waals surface area contributed by atoms with Crippen LogP contribution in [-0.4, -0.2) is 41.1 Å². The topological polar surface area (TPSA) is 84.9 Å². The third-order valence-electron chi connectivity index (χ3n) is 4.86. The van der Waals surface area contributed by atoms with Gasteiger partial charge in [-0.2, -0.15) is 0 Å². The summed E-state index contributed by atoms with van der Waals surface area (Å²) in [5, 5.41) is 3.56. The zero-order valence-electron chi connectivity index (χ0n) is 18.6. The minimum absolute atomic E-state index is 0.0319. The number of hydrogen-bond acceptors (Lipinski definition) is 5. The van der Waals surface area contributed by atoms with Gasteiger partial charge in [-0.3, -0.25) is 9.10 Å². The molecule has 10 heteroatoms. The number of nitrogens with one attached hydrogen (secondary N) is 1. The number of rotatable bonds is 10. The van der Waals surface area contributed by atoms with Gasteiger partial charge in [-0.25, -0.2) is 8.42 Å². The number of halogens is 2. The van der Waals surface area contributed by atoms with E-state index in [1.807, 2.05) is 13.0 Å². The molecule has 0 saturated heterocycles. The van der Waals surface area contributed by atoms with E-state index in [0.29, 0.717) is 15.8 Å². The van der Waals surface area contributed by atoms with Crippen molar-refractivity contribution in [3.8, 4) is 11.5 Å². The number of ether oxygens (including phenoxy) is 2. The molecule has 0 bridgehead atoms. The lowest BCUT2D eigenvalue weighted by Crippen LogP contribution is -2.42. The predicted octanol–water partition coefficient (Wildman–Crippen LogP) is 4.70. The number of amides is 1. The van der Waals surface area contributed by atoms with Gasteiger partial charge in [0.1, 0.15) is 24.7 Å². The summed E-state index contributed by atoms with van der Waals surface area (Å²) in [6.07, 6.45) is 0. The Morgan fingerprint density at radius 1 is 1.03 bits per heavy atom. The quantitative estimate of drug-likeness (QED) is 0.390. The molecule has 0 radical (unpaired) electrons. The van der Waals surface area contributed by atoms with Crippen LogP contribution in [0.2, 0.25) is 10.0 Å². The van der Waals surface area contributed by atoms with Crippen LogP contribution in [0.15, 0.2) is 71.6 Å². The number of benzene rings is 3. The summed E-state index contributed by atoms with van der Waals surface area (Å²) in [7, 11) is -2.68. The van der Waals surface area contributed by atoms with Crippen LogP contribution in [0.5, 0.6) is 11.5 Å². The maximum absolute atomic E-state index is 13.4. The summed E-state index contributed by atoms with van der Waals surface area (Å²) in [4.78, 5) is 12.8. The van der Waals surface area contributed by atoms with E-state index in [1.165, 1.54) is 25.3 Å². The van der Waals surface area contributed by atoms with Crippen molar-refractivity contribution < 1.29 is 22.7 Å². The molecule has 3 rings (SSSR count). The average Bonchev–Trinajstić information content (AvgIpc) is 2.83. The molecule has 0 aliphatic heterocycles. The third kappa shape index (κ3) is 6.34. The number of anilines is 1. The van der Waals surface area contributed by atoms with Crippen LogP contribution in [0.25, 0.3) is 0 Å². The number of sulfonamides is 1. The summed E-state index contributed by atoms with van der Waals surface area (Å²) in [6, 6.07) is 17.7. The molecule has 0 aliphatic rings. The Labute approximate surface area is 209 Å². The van der Waals surface area contributed by atoms with Crippen LogP contribution in [0, 0.1) is 6.92 Å². The van der Waals surface area contributed by atoms with E-state index in [1.54, 1.807) is 42.5 Å². The summed E-state index contributed by atoms with van der Waals surface area (Å²) in [5.41, 5.74) is 1.08. The highest BCUT2D eigenvalue weighted by atomic mass is 35.5. The number of hydrogen-bond donors (Lipinski definition) is 1. The van der Waals surface area contributed by atoms with Gasteiger partial charge in [0.2, 0.25) is 5.91 Å². The Hall–Kier alpha value is -2.94. The van der Waals surface area contributed by atoms with Crippen molar-refractivity contribution in [3.05, 3.63) is 82.3 Å². The van der Waals surface area contributed by atoms with Crippen molar-refractivity contribution in [2.24, 2.45) is 0 Å². The molecule has 0 fully saturated rings. The summed E-state index contributed by atoms with van der Waals surface area (Å²) in [6.45, 7) is 1.74. The normalized spacial score (nSPS) is 11.1. The van der Waals surface area contributed by atoms with E-state index in [0.717, 1.165) is 9.87 Å². The molecule has 1 amide bonds. The van der Waals surface area contributed by atoms with Gasteiger partial charge in [0.15, 0.2) is 0 Å². The Kier molecular flexibility index (Phi) is 8.66. The van der Waals surface area contributed by atoms with Crippen LogP contribution in [0.4, 0.5) is 5.69 Å². The molecule has 0 unspecified atom stereocenters. The molecule has 3 aromatic rings. The molecule has 0 aromatic heterocycles. The molecular weight excluding hydrogens is 499 g/mol. The Bertz CT molecular complexity index is 1250. The van der Waals surface area contributed by atoms with Gasteiger partial charge in [0, 0.05) is 10.0 Å². The second kappa shape index (κ2) is 11.5. The summed E-state index contributed by atoms with van der Waals surface area (Å²) >= 11 is 12.2. The van der Waals surface area contributed by atoms with Gasteiger partial charge in [-0.05, 0) is 55.0 Å². The van der Waals surface area contributed by atoms with Crippen molar-refractivity contribution >= 4 is 44.8 Å². The van der Waals surface area contributed by atoms with E-state index >= 15 is 0 Å². The van der Waals surface area contributed by atoms with Crippen molar-refractivity contribution in [3.63, 3.8) is 0 Å². The average molecular weight is 523 g/mol. The van der Waals surface area contributed by atoms with E-state index in [-0.39, 0.29) is 29.5 Å². The first kappa shape index (κ1) is 25.7. The summed E-state index contributed by atoms with van der Waals surface area (Å²) < 4.78 is 38.8. The number of carbonyl (C=O) groups excluding carboxylic acids is 1. The maximum atomic E-state index is 13.4. The summed E-state index contributed by atoms with van der Waals surface area (Å²) in [5.74, 6) is 0.310. The molecule has 34 heavy (non-hydrogen) atoms. The van der Waals surface area contributed by atoms with Gasteiger partial charge < -0.3 is 14.8 Å². The van der Waals surface area contributed by atoms with Gasteiger partial charge in [-0.15, -0.1) is 0 Å². The molecular formula is C24H24Cl2N2O5S. The van der Waals surface area contributed by atoms with Crippen LogP contribution >= 0.6 is 23.2 Å². The van der Waals surface area contributed by atoms with Gasteiger partial charge in [0.25, 0.3) is 10.0 Å². The van der Waals surface area contributed by atoms with Crippen molar-refractivity contribution in [1.29, 1.82) is 0 Å². The van der Waals surface area contributed by atoms with Gasteiger partial charge in [-0.1, -0.05) is 47.5 Å². The maximum Gasteiger partial charge on any atom is 0.264 e. The van der Waals surface area contributed by atoms with Crippen LogP contribution in [0.1, 0.15) is 5.56 Å². The number of carbonyl (C=O) groups is 1. The smallest absolute Gasteiger partial charge is 0.264 e. The van der Waals surface area contributed by atoms with E-state index in [4.69, 9.17) is 32.7 Å². The molecule has 1 N–H and O–H groups in total. The first-order valence-corrected chi connectivity index (χ1v) is 12.5. The fraction of sp³-hybridized carbons (Fsp3) is 0.208. The highest BCUT2D eigenvalue weighted by Crippen LogP contribution is 2.34. The first-order chi connectivity index (χ1) is 16.2. The zero-order valence-corrected chi connectivity index (χ0v) is 21.0. The fourth-order valence-electron chi connectivity index (χ4n) is 3.09. The third-order valence-corrected chi connectivity index (χ3v) is 7.28. The Morgan fingerprint density at radius 3 is 2.44 bits per heavy atom. The molecule has 7 nitrogen and oxygen atoms in total. The van der Waals surface area contributed by atoms with Gasteiger partial charge >= 0.3 is 0 Å². The van der Waals surface area contributed by atoms with Crippen molar-refractivity contribution in [2.45, 2.75) is 11.8 Å². The molecule has 0 spiro atoms. The van der Waals surface area contributed by atoms with Crippen molar-refractivity contribution in [2.75, 3.05) is 31.1 Å². The lowest BCUT2D eigenvalue weighted by Gasteiger charge is -2.25. The zero-order chi connectivity index (χ0) is 24.7. The van der Waals surface area contributed by atoms with Crippen LogP contribution < -0.4 is 19.1 Å². The number of aryl methyl sites for hydroxylation is 1. The lowest BCUT2D eigenvalue weighted by atomic mass is 10.2. The minimum Gasteiger partial charge on any atom is -0.495 e. The van der Waals surface area contributed by atoms with E-state index < -0.39 is 22.5 Å². The predicted molar refractivity (Wildman–Crippen MR) is 134 cm³/mol. The number of nitrogens with zero attached hydrogens (tertiary/aromatic N) is 1. The van der Waals surface area contributed by atoms with Crippen LogP contribution in [0.3, 0.4) is 0 Å². The van der Waals surface area contributed by atoms with E-state index in [9.17, 15) is 13.2 Å². The minimum atomic E-state index is -4.09. The SMILES string of the molecule is COc1ccc(Cl)cc1N(CC(=O)NCCOc1ccc(C)c(Cl)c1)S(=O)(=O)c1ccccc1. The molecule has 0 aliphatic carbocycles. The highest BCUT2D eigenvalue weighted by molar-refractivity contribution is 7.92. The lowest BCUT2D eigenvalue weighted by molar-refractivity contribution is -0.119. The highest BCUT2D eigenvalue weighted by Gasteiger charge is 2.29. The largest absolute Gasteiger partial charge is 0.495 e. The molecule has 0 saturated carbocycles. The second-order valence-corrected chi connectivity index (χ2v) is 9.96. The molecule has 180 valence electrons. The second-order valence-electron chi connectivity index (χ2n) is 7.25. The Balaban J connectivity index is 1.76. The fourth-order valence-corrected chi connectivity index (χ4v) is 4.87. The van der Waals surface area contributed by atoms with Crippen LogP contribution in [-0.2, 0) is 14.8 Å². The standard InChI is InChI=1S/C24H24Cl2N2O5S/c1-17-8-10-19(15-21(17)26)33-13-12-27-24(29)16-28(22-14-18(25)9-11-23(22)32-2)34(30,31)20-6-4-3-5-7-20/h3-11,14-15H,12-13,16H2,1-2H3,(H,27,29). The molecule has 0 atom stereocenters. The van der Waals surface area contributed by atoms with E-state index in [2.05, 4.69) is 5.32 Å². The number of methoxy groups -OCH3 is 1. The van der Waals surface area contributed by atoms with Gasteiger partial charge in [0.05, 0.1) is 24.2 Å². The molecule has 0 heterocycles. The first-order valence-electron chi connectivity index (χ1n) is 10.3. The van der Waals surface area contributed by atoms with Crippen molar-refractivity contribution in [1.82, 2.24) is 5.32 Å². The monoisotopic (exact) mass is 522 g/mol.